The third-order valence-electron chi connectivity index (χ3n) is 3.11. The predicted molar refractivity (Wildman–Crippen MR) is 65.4 cm³/mol. The van der Waals surface area contributed by atoms with Crippen molar-refractivity contribution in [1.82, 2.24) is 10.1 Å². The molecule has 1 aliphatic rings. The zero-order valence-corrected chi connectivity index (χ0v) is 11.4. The number of alkyl halides is 3. The lowest BCUT2D eigenvalue weighted by Gasteiger charge is -2.26. The molecule has 0 amide bonds. The van der Waals surface area contributed by atoms with Gasteiger partial charge in [-0.3, -0.25) is 0 Å². The molecule has 1 saturated carbocycles. The van der Waals surface area contributed by atoms with Gasteiger partial charge in [0.05, 0.1) is 31.8 Å². The van der Waals surface area contributed by atoms with Crippen molar-refractivity contribution >= 4 is 0 Å². The fraction of sp³-hybridized carbons (Fsp3) is 0.833. The molecule has 1 unspecified atom stereocenters. The molecule has 6 nitrogen and oxygen atoms in total. The summed E-state index contributed by atoms with van der Waals surface area (Å²) < 4.78 is 50.5. The van der Waals surface area contributed by atoms with Crippen LogP contribution in [0.15, 0.2) is 4.52 Å². The first-order valence-electron chi connectivity index (χ1n) is 6.78. The van der Waals surface area contributed by atoms with E-state index in [4.69, 9.17) is 15.0 Å². The number of hydrogen-bond donors (Lipinski definition) is 1. The minimum atomic E-state index is -4.33. The quantitative estimate of drug-likeness (QED) is 0.737. The van der Waals surface area contributed by atoms with E-state index in [9.17, 15) is 13.2 Å². The fourth-order valence-electron chi connectivity index (χ4n) is 1.72. The van der Waals surface area contributed by atoms with Gasteiger partial charge in [-0.1, -0.05) is 5.16 Å². The normalized spacial score (nSPS) is 17.7. The summed E-state index contributed by atoms with van der Waals surface area (Å²) in [6, 6.07) is -0.501. The van der Waals surface area contributed by atoms with E-state index in [0.29, 0.717) is 12.4 Å². The summed E-state index contributed by atoms with van der Waals surface area (Å²) >= 11 is 0. The molecular weight excluding hydrogens is 291 g/mol. The largest absolute Gasteiger partial charge is 0.411 e. The van der Waals surface area contributed by atoms with Gasteiger partial charge in [-0.2, -0.15) is 18.2 Å². The van der Waals surface area contributed by atoms with Gasteiger partial charge < -0.3 is 19.7 Å². The molecule has 0 bridgehead atoms. The molecule has 120 valence electrons. The van der Waals surface area contributed by atoms with Gasteiger partial charge in [0.15, 0.2) is 5.82 Å². The first kappa shape index (κ1) is 16.2. The number of hydrogen-bond acceptors (Lipinski definition) is 6. The van der Waals surface area contributed by atoms with Crippen molar-refractivity contribution in [1.29, 1.82) is 0 Å². The van der Waals surface area contributed by atoms with Crippen LogP contribution in [0.4, 0.5) is 13.2 Å². The van der Waals surface area contributed by atoms with E-state index in [0.717, 1.165) is 12.8 Å². The maximum absolute atomic E-state index is 11.9. The minimum Gasteiger partial charge on any atom is -0.376 e. The maximum Gasteiger partial charge on any atom is 0.411 e. The van der Waals surface area contributed by atoms with Crippen LogP contribution in [-0.4, -0.2) is 42.2 Å². The molecule has 2 N–H and O–H groups in total. The van der Waals surface area contributed by atoms with Crippen LogP contribution in [0.2, 0.25) is 0 Å². The third kappa shape index (κ3) is 5.60. The average molecular weight is 309 g/mol. The smallest absolute Gasteiger partial charge is 0.376 e. The van der Waals surface area contributed by atoms with E-state index in [1.165, 1.54) is 6.42 Å². The van der Waals surface area contributed by atoms with Crippen LogP contribution in [0.25, 0.3) is 0 Å². The Hall–Kier alpha value is -1.19. The van der Waals surface area contributed by atoms with E-state index in [-0.39, 0.29) is 25.0 Å². The highest BCUT2D eigenvalue weighted by atomic mass is 19.4. The zero-order valence-electron chi connectivity index (χ0n) is 11.4. The second-order valence-corrected chi connectivity index (χ2v) is 4.96. The summed E-state index contributed by atoms with van der Waals surface area (Å²) in [5.74, 6) is 0.492. The van der Waals surface area contributed by atoms with E-state index in [2.05, 4.69) is 14.9 Å². The molecule has 0 radical (unpaired) electrons. The van der Waals surface area contributed by atoms with Gasteiger partial charge in [0.2, 0.25) is 5.89 Å². The lowest BCUT2D eigenvalue weighted by atomic mass is 9.96. The van der Waals surface area contributed by atoms with E-state index < -0.39 is 18.8 Å². The highest BCUT2D eigenvalue weighted by Crippen LogP contribution is 2.23. The lowest BCUT2D eigenvalue weighted by Crippen LogP contribution is -2.27. The van der Waals surface area contributed by atoms with Crippen molar-refractivity contribution in [3.05, 3.63) is 11.7 Å². The van der Waals surface area contributed by atoms with Crippen molar-refractivity contribution < 1.29 is 27.2 Å². The molecule has 0 spiro atoms. The van der Waals surface area contributed by atoms with Crippen molar-refractivity contribution in [2.45, 2.75) is 44.0 Å². The highest BCUT2D eigenvalue weighted by Gasteiger charge is 2.27. The van der Waals surface area contributed by atoms with E-state index >= 15 is 0 Å². The number of aromatic nitrogens is 2. The summed E-state index contributed by atoms with van der Waals surface area (Å²) in [5.41, 5.74) is 5.86. The van der Waals surface area contributed by atoms with Gasteiger partial charge in [0.1, 0.15) is 6.61 Å². The van der Waals surface area contributed by atoms with Crippen LogP contribution in [-0.2, 0) is 15.9 Å². The number of ether oxygens (including phenoxy) is 2. The molecule has 9 heteroatoms. The summed E-state index contributed by atoms with van der Waals surface area (Å²) in [4.78, 5) is 4.02. The van der Waals surface area contributed by atoms with Crippen LogP contribution in [0.3, 0.4) is 0 Å². The van der Waals surface area contributed by atoms with Gasteiger partial charge in [0.25, 0.3) is 0 Å². The number of nitrogens with zero attached hydrogens (tertiary/aromatic N) is 2. The molecule has 1 atom stereocenters. The Morgan fingerprint density at radius 1 is 1.38 bits per heavy atom. The summed E-state index contributed by atoms with van der Waals surface area (Å²) in [6.07, 6.45) is -0.704. The van der Waals surface area contributed by atoms with Gasteiger partial charge in [-0.25, -0.2) is 0 Å². The van der Waals surface area contributed by atoms with Gasteiger partial charge >= 0.3 is 6.18 Å². The van der Waals surface area contributed by atoms with Gasteiger partial charge in [-0.05, 0) is 19.3 Å². The maximum atomic E-state index is 11.9. The molecule has 0 aliphatic heterocycles. The van der Waals surface area contributed by atoms with E-state index in [1.807, 2.05) is 0 Å². The first-order chi connectivity index (χ1) is 9.94. The molecule has 0 saturated heterocycles. The molecule has 1 aromatic rings. The molecule has 1 aliphatic carbocycles. The van der Waals surface area contributed by atoms with Crippen molar-refractivity contribution in [2.24, 2.45) is 5.73 Å². The lowest BCUT2D eigenvalue weighted by molar-refractivity contribution is -0.173. The first-order valence-corrected chi connectivity index (χ1v) is 6.78. The summed E-state index contributed by atoms with van der Waals surface area (Å²) in [7, 11) is 0. The molecule has 2 rings (SSSR count). The fourth-order valence-corrected chi connectivity index (χ4v) is 1.72. The Bertz CT molecular complexity index is 435. The van der Waals surface area contributed by atoms with Crippen LogP contribution >= 0.6 is 0 Å². The monoisotopic (exact) mass is 309 g/mol. The Kier molecular flexibility index (Phi) is 5.54. The van der Waals surface area contributed by atoms with Crippen molar-refractivity contribution in [3.63, 3.8) is 0 Å². The predicted octanol–water partition coefficient (Wildman–Crippen LogP) is 1.76. The molecule has 0 aromatic carbocycles. The van der Waals surface area contributed by atoms with Crippen LogP contribution in [0.1, 0.15) is 37.0 Å². The topological polar surface area (TPSA) is 83.4 Å². The average Bonchev–Trinajstić information content (AvgIpc) is 2.80. The summed E-state index contributed by atoms with van der Waals surface area (Å²) in [6.45, 7) is -1.13. The second kappa shape index (κ2) is 7.19. The molecule has 1 aromatic heterocycles. The van der Waals surface area contributed by atoms with Crippen molar-refractivity contribution in [2.75, 3.05) is 19.8 Å². The Labute approximate surface area is 119 Å². The molecule has 1 heterocycles. The number of rotatable bonds is 8. The van der Waals surface area contributed by atoms with Crippen LogP contribution in [0, 0.1) is 0 Å². The van der Waals surface area contributed by atoms with Crippen molar-refractivity contribution in [3.8, 4) is 0 Å². The minimum absolute atomic E-state index is 0.110. The Morgan fingerprint density at radius 3 is 2.76 bits per heavy atom. The van der Waals surface area contributed by atoms with Gasteiger partial charge in [0, 0.05) is 0 Å². The van der Waals surface area contributed by atoms with Crippen LogP contribution < -0.4 is 5.73 Å². The Balaban J connectivity index is 1.67. The van der Waals surface area contributed by atoms with E-state index in [1.54, 1.807) is 0 Å². The Morgan fingerprint density at radius 2 is 2.14 bits per heavy atom. The summed E-state index contributed by atoms with van der Waals surface area (Å²) in [5, 5.41) is 3.70. The molecule has 1 fully saturated rings. The molecule has 21 heavy (non-hydrogen) atoms. The third-order valence-corrected chi connectivity index (χ3v) is 3.11. The number of halogens is 3. The van der Waals surface area contributed by atoms with Crippen LogP contribution in [0.5, 0.6) is 0 Å². The standard InChI is InChI=1S/C12H18F3N3O3/c13-12(14,15)7-19-5-4-10-17-11(18-21-10)9(16)6-20-8-2-1-3-8/h8-9H,1-7,16H2. The molecular formula is C12H18F3N3O3. The van der Waals surface area contributed by atoms with Gasteiger partial charge in [-0.15, -0.1) is 0 Å². The SMILES string of the molecule is NC(COC1CCC1)c1noc(CCOCC(F)(F)F)n1. The highest BCUT2D eigenvalue weighted by molar-refractivity contribution is 4.93. The zero-order chi connectivity index (χ0) is 15.3. The second-order valence-electron chi connectivity index (χ2n) is 4.96. The number of nitrogens with two attached hydrogens (primary N) is 1.